The number of hydrogen-bond acceptors (Lipinski definition) is 2. The zero-order chi connectivity index (χ0) is 13.7. The maximum absolute atomic E-state index is 3.60. The minimum atomic E-state index is 0.683. The number of likely N-dealkylation sites (tertiary alicyclic amines) is 1. The van der Waals surface area contributed by atoms with E-state index in [9.17, 15) is 0 Å². The van der Waals surface area contributed by atoms with Crippen molar-refractivity contribution in [3.05, 3.63) is 35.4 Å². The second kappa shape index (κ2) is 7.06. The Morgan fingerprint density at radius 3 is 2.58 bits per heavy atom. The molecular weight excluding hydrogens is 232 g/mol. The Morgan fingerprint density at radius 1 is 1.21 bits per heavy atom. The molecule has 0 spiro atoms. The van der Waals surface area contributed by atoms with E-state index in [0.717, 1.165) is 25.6 Å². The summed E-state index contributed by atoms with van der Waals surface area (Å²) in [5.74, 6) is 0. The SMILES string of the molecule is CCNC1CCN(Cc2ccccc2CC)C(C)C1. The van der Waals surface area contributed by atoms with Crippen LogP contribution < -0.4 is 5.32 Å². The third-order valence-corrected chi connectivity index (χ3v) is 4.38. The zero-order valence-electron chi connectivity index (χ0n) is 12.7. The summed E-state index contributed by atoms with van der Waals surface area (Å²) in [5, 5.41) is 3.60. The molecule has 2 unspecified atom stereocenters. The molecular formula is C17H28N2. The van der Waals surface area contributed by atoms with Crippen LogP contribution in [0.3, 0.4) is 0 Å². The first-order valence-electron chi connectivity index (χ1n) is 7.78. The van der Waals surface area contributed by atoms with Crippen LogP contribution in [-0.2, 0) is 13.0 Å². The molecule has 1 aromatic rings. The predicted octanol–water partition coefficient (Wildman–Crippen LogP) is 3.21. The molecule has 1 aliphatic heterocycles. The second-order valence-corrected chi connectivity index (χ2v) is 5.72. The highest BCUT2D eigenvalue weighted by Crippen LogP contribution is 2.21. The molecule has 0 aromatic heterocycles. The molecule has 1 aliphatic rings. The first-order valence-corrected chi connectivity index (χ1v) is 7.78. The van der Waals surface area contributed by atoms with E-state index >= 15 is 0 Å². The van der Waals surface area contributed by atoms with Gasteiger partial charge in [0.1, 0.15) is 0 Å². The molecule has 106 valence electrons. The van der Waals surface area contributed by atoms with Gasteiger partial charge >= 0.3 is 0 Å². The maximum Gasteiger partial charge on any atom is 0.0239 e. The molecule has 1 N–H and O–H groups in total. The van der Waals surface area contributed by atoms with Crippen LogP contribution >= 0.6 is 0 Å². The molecule has 0 aliphatic carbocycles. The van der Waals surface area contributed by atoms with E-state index in [0.29, 0.717) is 6.04 Å². The Hall–Kier alpha value is -0.860. The number of piperidine rings is 1. The van der Waals surface area contributed by atoms with E-state index in [4.69, 9.17) is 0 Å². The van der Waals surface area contributed by atoms with Crippen LogP contribution in [0.4, 0.5) is 0 Å². The van der Waals surface area contributed by atoms with Gasteiger partial charge in [0.2, 0.25) is 0 Å². The summed E-state index contributed by atoms with van der Waals surface area (Å²) in [6.07, 6.45) is 3.70. The van der Waals surface area contributed by atoms with Gasteiger partial charge in [-0.15, -0.1) is 0 Å². The highest BCUT2D eigenvalue weighted by Gasteiger charge is 2.24. The summed E-state index contributed by atoms with van der Waals surface area (Å²) in [6.45, 7) is 10.3. The van der Waals surface area contributed by atoms with Gasteiger partial charge in [0.05, 0.1) is 0 Å². The number of aryl methyl sites for hydroxylation is 1. The van der Waals surface area contributed by atoms with E-state index in [1.165, 1.54) is 30.5 Å². The van der Waals surface area contributed by atoms with Crippen molar-refractivity contribution in [2.45, 2.75) is 58.7 Å². The third kappa shape index (κ3) is 3.80. The van der Waals surface area contributed by atoms with E-state index in [2.05, 4.69) is 55.3 Å². The standard InChI is InChI=1S/C17H28N2/c1-4-15-8-6-7-9-16(15)13-19-11-10-17(18-5-2)12-14(19)3/h6-9,14,17-18H,4-5,10-13H2,1-3H3. The van der Waals surface area contributed by atoms with Gasteiger partial charge in [0.25, 0.3) is 0 Å². The maximum atomic E-state index is 3.60. The molecule has 19 heavy (non-hydrogen) atoms. The van der Waals surface area contributed by atoms with Gasteiger partial charge in [-0.3, -0.25) is 4.90 Å². The lowest BCUT2D eigenvalue weighted by Crippen LogP contribution is -2.47. The smallest absolute Gasteiger partial charge is 0.0239 e. The Morgan fingerprint density at radius 2 is 1.95 bits per heavy atom. The third-order valence-electron chi connectivity index (χ3n) is 4.38. The Kier molecular flexibility index (Phi) is 5.41. The monoisotopic (exact) mass is 260 g/mol. The minimum absolute atomic E-state index is 0.683. The lowest BCUT2D eigenvalue weighted by Gasteiger charge is -2.38. The van der Waals surface area contributed by atoms with Crippen LogP contribution in [0.2, 0.25) is 0 Å². The van der Waals surface area contributed by atoms with Gasteiger partial charge in [-0.05, 0) is 43.9 Å². The highest BCUT2D eigenvalue weighted by molar-refractivity contribution is 5.27. The Bertz CT molecular complexity index is 389. The van der Waals surface area contributed by atoms with Crippen LogP contribution in [0.15, 0.2) is 24.3 Å². The minimum Gasteiger partial charge on any atom is -0.314 e. The van der Waals surface area contributed by atoms with Crippen molar-refractivity contribution in [3.63, 3.8) is 0 Å². The molecule has 2 atom stereocenters. The Labute approximate surface area is 118 Å². The van der Waals surface area contributed by atoms with Crippen LogP contribution in [-0.4, -0.2) is 30.1 Å². The molecule has 0 bridgehead atoms. The first kappa shape index (κ1) is 14.5. The lowest BCUT2D eigenvalue weighted by molar-refractivity contribution is 0.129. The van der Waals surface area contributed by atoms with E-state index in [-0.39, 0.29) is 0 Å². The topological polar surface area (TPSA) is 15.3 Å². The van der Waals surface area contributed by atoms with Gasteiger partial charge in [-0.2, -0.15) is 0 Å². The number of rotatable bonds is 5. The van der Waals surface area contributed by atoms with Crippen molar-refractivity contribution >= 4 is 0 Å². The van der Waals surface area contributed by atoms with E-state index in [1.54, 1.807) is 0 Å². The largest absolute Gasteiger partial charge is 0.314 e. The molecule has 0 saturated carbocycles. The molecule has 1 fully saturated rings. The molecule has 2 heteroatoms. The molecule has 1 heterocycles. The van der Waals surface area contributed by atoms with Crippen molar-refractivity contribution < 1.29 is 0 Å². The number of nitrogens with zero attached hydrogens (tertiary/aromatic N) is 1. The van der Waals surface area contributed by atoms with Gasteiger partial charge in [0.15, 0.2) is 0 Å². The lowest BCUT2D eigenvalue weighted by atomic mass is 9.96. The molecule has 1 saturated heterocycles. The number of benzene rings is 1. The van der Waals surface area contributed by atoms with Crippen LogP contribution in [0.5, 0.6) is 0 Å². The predicted molar refractivity (Wildman–Crippen MR) is 82.4 cm³/mol. The normalized spacial score (nSPS) is 24.6. The average molecular weight is 260 g/mol. The summed E-state index contributed by atoms with van der Waals surface area (Å²) in [6, 6.07) is 10.3. The number of hydrogen-bond donors (Lipinski definition) is 1. The Balaban J connectivity index is 1.96. The molecule has 2 nitrogen and oxygen atoms in total. The van der Waals surface area contributed by atoms with E-state index < -0.39 is 0 Å². The van der Waals surface area contributed by atoms with Crippen molar-refractivity contribution in [2.24, 2.45) is 0 Å². The molecule has 0 amide bonds. The van der Waals surface area contributed by atoms with Crippen LogP contribution in [0.25, 0.3) is 0 Å². The summed E-state index contributed by atoms with van der Waals surface area (Å²) >= 11 is 0. The first-order chi connectivity index (χ1) is 9.24. The van der Waals surface area contributed by atoms with Gasteiger partial charge < -0.3 is 5.32 Å². The zero-order valence-corrected chi connectivity index (χ0v) is 12.7. The van der Waals surface area contributed by atoms with Crippen LogP contribution in [0, 0.1) is 0 Å². The summed E-state index contributed by atoms with van der Waals surface area (Å²) in [5.41, 5.74) is 3.02. The molecule has 2 rings (SSSR count). The van der Waals surface area contributed by atoms with Gasteiger partial charge in [0, 0.05) is 25.2 Å². The van der Waals surface area contributed by atoms with E-state index in [1.807, 2.05) is 0 Å². The summed E-state index contributed by atoms with van der Waals surface area (Å²) in [7, 11) is 0. The van der Waals surface area contributed by atoms with Crippen LogP contribution in [0.1, 0.15) is 44.7 Å². The second-order valence-electron chi connectivity index (χ2n) is 5.72. The average Bonchev–Trinajstić information content (AvgIpc) is 2.43. The summed E-state index contributed by atoms with van der Waals surface area (Å²) < 4.78 is 0. The van der Waals surface area contributed by atoms with Gasteiger partial charge in [-0.25, -0.2) is 0 Å². The van der Waals surface area contributed by atoms with Crippen molar-refractivity contribution in [3.8, 4) is 0 Å². The summed E-state index contributed by atoms with van der Waals surface area (Å²) in [4.78, 5) is 2.64. The van der Waals surface area contributed by atoms with Gasteiger partial charge in [-0.1, -0.05) is 38.1 Å². The van der Waals surface area contributed by atoms with Crippen molar-refractivity contribution in [1.82, 2.24) is 10.2 Å². The highest BCUT2D eigenvalue weighted by atomic mass is 15.2. The fourth-order valence-corrected chi connectivity index (χ4v) is 3.21. The fourth-order valence-electron chi connectivity index (χ4n) is 3.21. The fraction of sp³-hybridized carbons (Fsp3) is 0.647. The molecule has 0 radical (unpaired) electrons. The molecule has 1 aromatic carbocycles. The van der Waals surface area contributed by atoms with Crippen molar-refractivity contribution in [1.29, 1.82) is 0 Å². The number of nitrogens with one attached hydrogen (secondary N) is 1. The van der Waals surface area contributed by atoms with Crippen molar-refractivity contribution in [2.75, 3.05) is 13.1 Å². The quantitative estimate of drug-likeness (QED) is 0.874.